The zero-order valence-electron chi connectivity index (χ0n) is 39.3. The van der Waals surface area contributed by atoms with Crippen LogP contribution in [0.4, 0.5) is 39.8 Å². The number of para-hydroxylation sites is 4. The Kier molecular flexibility index (Phi) is 9.56. The Labute approximate surface area is 407 Å². The van der Waals surface area contributed by atoms with E-state index in [9.17, 15) is 0 Å². The zero-order chi connectivity index (χ0) is 46.3. The Morgan fingerprint density at radius 2 is 1.01 bits per heavy atom. The molecule has 4 heteroatoms. The summed E-state index contributed by atoms with van der Waals surface area (Å²) >= 11 is 0. The number of fused-ring (bicyclic) bond motifs is 8. The first-order valence-electron chi connectivity index (χ1n) is 24.5. The fourth-order valence-corrected chi connectivity index (χ4v) is 12.3. The first kappa shape index (κ1) is 41.1. The van der Waals surface area contributed by atoms with E-state index in [0.29, 0.717) is 0 Å². The smallest absolute Gasteiger partial charge is 0.252 e. The fourth-order valence-electron chi connectivity index (χ4n) is 12.3. The van der Waals surface area contributed by atoms with Crippen molar-refractivity contribution in [2.45, 2.75) is 32.6 Å². The van der Waals surface area contributed by atoms with Crippen molar-refractivity contribution >= 4 is 57.5 Å². The number of nitrogens with zero attached hydrogens (tertiary/aromatic N) is 3. The van der Waals surface area contributed by atoms with Crippen LogP contribution < -0.4 is 25.6 Å². The second-order valence-corrected chi connectivity index (χ2v) is 20.1. The highest BCUT2D eigenvalue weighted by Gasteiger charge is 2.53. The normalized spacial score (nSPS) is 16.2. The Morgan fingerprint density at radius 3 is 1.59 bits per heavy atom. The van der Waals surface area contributed by atoms with E-state index in [1.165, 1.54) is 83.9 Å². The summed E-state index contributed by atoms with van der Waals surface area (Å²) < 4.78 is 0. The lowest BCUT2D eigenvalue weighted by Gasteiger charge is -2.50. The quantitative estimate of drug-likeness (QED) is 0.148. The van der Waals surface area contributed by atoms with Gasteiger partial charge in [-0.2, -0.15) is 0 Å². The Balaban J connectivity index is 1.18. The van der Waals surface area contributed by atoms with E-state index in [2.05, 4.69) is 278 Å². The van der Waals surface area contributed by atoms with Gasteiger partial charge in [-0.25, -0.2) is 0 Å². The summed E-state index contributed by atoms with van der Waals surface area (Å²) in [6.07, 6.45) is 3.54. The number of benzene rings is 9. The molecule has 13 rings (SSSR count). The number of anilines is 7. The molecule has 2 aliphatic carbocycles. The van der Waals surface area contributed by atoms with E-state index in [4.69, 9.17) is 0 Å². The maximum Gasteiger partial charge on any atom is 0.252 e. The monoisotopic (exact) mass is 885 g/mol. The molecule has 0 amide bonds. The predicted molar refractivity (Wildman–Crippen MR) is 290 cm³/mol. The van der Waals surface area contributed by atoms with Crippen molar-refractivity contribution in [1.29, 1.82) is 0 Å². The molecule has 9 aromatic rings. The van der Waals surface area contributed by atoms with Crippen molar-refractivity contribution in [3.8, 4) is 11.1 Å². The molecule has 330 valence electrons. The molecule has 4 aliphatic rings. The lowest BCUT2D eigenvalue weighted by atomic mass is 9.31. The zero-order valence-corrected chi connectivity index (χ0v) is 39.3. The molecule has 0 fully saturated rings. The average Bonchev–Trinajstić information content (AvgIpc) is 3.71. The standard InChI is InChI=1S/C65H52BN3/c1-64(2,3)47-42-59-62-60(43-47)69(51-34-20-9-21-35-51)58-44-52(67(48-28-14-6-15-29-48)49-30-16-7-17-31-49)38-40-56(58)66(62)63-57(68(59)50-32-18-8-19-33-50)41-39-55-61(63)53-36-22-23-37-54(53)65(55,45-24-10-4-11-25-45)46-26-12-5-13-27-46/h4-42,44,47H,43H2,1-3H3. The minimum atomic E-state index is -0.540. The average molecular weight is 886 g/mol. The van der Waals surface area contributed by atoms with Crippen molar-refractivity contribution in [3.05, 3.63) is 282 Å². The molecule has 0 spiro atoms. The van der Waals surface area contributed by atoms with Gasteiger partial charge < -0.3 is 14.7 Å². The van der Waals surface area contributed by atoms with Gasteiger partial charge in [0.1, 0.15) is 0 Å². The molecule has 0 radical (unpaired) electrons. The van der Waals surface area contributed by atoms with Crippen LogP contribution in [-0.4, -0.2) is 6.71 Å². The molecule has 1 unspecified atom stereocenters. The van der Waals surface area contributed by atoms with Crippen molar-refractivity contribution < 1.29 is 0 Å². The summed E-state index contributed by atoms with van der Waals surface area (Å²) in [7, 11) is 0. The largest absolute Gasteiger partial charge is 0.315 e. The molecule has 69 heavy (non-hydrogen) atoms. The van der Waals surface area contributed by atoms with Gasteiger partial charge in [0.2, 0.25) is 0 Å². The molecule has 0 bridgehead atoms. The molecule has 0 aromatic heterocycles. The Morgan fingerprint density at radius 1 is 0.493 bits per heavy atom. The number of hydrogen-bond acceptors (Lipinski definition) is 3. The third-order valence-corrected chi connectivity index (χ3v) is 15.3. The van der Waals surface area contributed by atoms with Crippen LogP contribution >= 0.6 is 0 Å². The SMILES string of the molecule is CC(C)(C)C1C=C2C3=C(C1)N(c1ccccc1)c1cc(N(c4ccccc4)c4ccccc4)ccc1B3c1c(ccc3c1-c1ccccc1C3(c1ccccc1)c1ccccc1)N2c1ccccc1. The van der Waals surface area contributed by atoms with Gasteiger partial charge in [-0.3, -0.25) is 0 Å². The van der Waals surface area contributed by atoms with Crippen molar-refractivity contribution in [1.82, 2.24) is 0 Å². The highest BCUT2D eigenvalue weighted by Crippen LogP contribution is 2.59. The summed E-state index contributed by atoms with van der Waals surface area (Å²) in [5.41, 5.74) is 22.1. The molecule has 0 saturated carbocycles. The molecule has 9 aromatic carbocycles. The molecule has 0 saturated heterocycles. The van der Waals surface area contributed by atoms with Crippen molar-refractivity contribution in [2.75, 3.05) is 14.7 Å². The number of rotatable bonds is 7. The topological polar surface area (TPSA) is 9.72 Å². The Hall–Kier alpha value is -8.08. The third kappa shape index (κ3) is 6.28. The van der Waals surface area contributed by atoms with Crippen LogP contribution in [0, 0.1) is 11.3 Å². The highest BCUT2D eigenvalue weighted by atomic mass is 15.2. The van der Waals surface area contributed by atoms with Crippen LogP contribution in [0.15, 0.2) is 260 Å². The molecule has 2 heterocycles. The number of allylic oxidation sites excluding steroid dienone is 3. The highest BCUT2D eigenvalue weighted by molar-refractivity contribution is 6.95. The van der Waals surface area contributed by atoms with Gasteiger partial charge in [0.25, 0.3) is 6.71 Å². The van der Waals surface area contributed by atoms with Gasteiger partial charge in [-0.05, 0) is 134 Å². The molecular weight excluding hydrogens is 834 g/mol. The molecular formula is C65H52BN3. The predicted octanol–water partition coefficient (Wildman–Crippen LogP) is 15.2. The summed E-state index contributed by atoms with van der Waals surface area (Å²) in [6, 6.07) is 87.9. The van der Waals surface area contributed by atoms with E-state index < -0.39 is 5.41 Å². The lowest BCUT2D eigenvalue weighted by molar-refractivity contribution is 0.286. The second-order valence-electron chi connectivity index (χ2n) is 20.1. The maximum absolute atomic E-state index is 2.64. The van der Waals surface area contributed by atoms with Gasteiger partial charge in [-0.15, -0.1) is 0 Å². The molecule has 1 atom stereocenters. The van der Waals surface area contributed by atoms with Crippen LogP contribution in [0.2, 0.25) is 0 Å². The van der Waals surface area contributed by atoms with Gasteiger partial charge in [-0.1, -0.05) is 197 Å². The van der Waals surface area contributed by atoms with Gasteiger partial charge in [0.05, 0.1) is 5.41 Å². The summed E-state index contributed by atoms with van der Waals surface area (Å²) in [5.74, 6) is 0.264. The minimum Gasteiger partial charge on any atom is -0.315 e. The maximum atomic E-state index is 2.64. The lowest BCUT2D eigenvalue weighted by Crippen LogP contribution is -2.58. The van der Waals surface area contributed by atoms with Gasteiger partial charge in [0, 0.05) is 51.2 Å². The van der Waals surface area contributed by atoms with Gasteiger partial charge >= 0.3 is 0 Å². The molecule has 3 nitrogen and oxygen atoms in total. The first-order valence-corrected chi connectivity index (χ1v) is 24.5. The molecule has 2 aliphatic heterocycles. The van der Waals surface area contributed by atoms with Crippen LogP contribution in [0.25, 0.3) is 11.1 Å². The second kappa shape index (κ2) is 16.0. The summed E-state index contributed by atoms with van der Waals surface area (Å²) in [5, 5.41) is 0. The summed E-state index contributed by atoms with van der Waals surface area (Å²) in [4.78, 5) is 7.65. The van der Waals surface area contributed by atoms with E-state index >= 15 is 0 Å². The fraction of sp³-hybridized carbons (Fsp3) is 0.108. The van der Waals surface area contributed by atoms with Gasteiger partial charge in [0.15, 0.2) is 0 Å². The first-order chi connectivity index (χ1) is 33.9. The van der Waals surface area contributed by atoms with E-state index in [1.54, 1.807) is 0 Å². The Bertz CT molecular complexity index is 3370. The van der Waals surface area contributed by atoms with Crippen molar-refractivity contribution in [3.63, 3.8) is 0 Å². The van der Waals surface area contributed by atoms with E-state index in [1.807, 2.05) is 0 Å². The summed E-state index contributed by atoms with van der Waals surface area (Å²) in [6.45, 7) is 7.17. The number of hydrogen-bond donors (Lipinski definition) is 0. The van der Waals surface area contributed by atoms with Crippen molar-refractivity contribution in [2.24, 2.45) is 11.3 Å². The van der Waals surface area contributed by atoms with E-state index in [0.717, 1.165) is 23.5 Å². The molecule has 0 N–H and O–H groups in total. The van der Waals surface area contributed by atoms with Crippen LogP contribution in [0.5, 0.6) is 0 Å². The van der Waals surface area contributed by atoms with Crippen LogP contribution in [0.1, 0.15) is 49.4 Å². The van der Waals surface area contributed by atoms with E-state index in [-0.39, 0.29) is 18.0 Å². The third-order valence-electron chi connectivity index (χ3n) is 15.3. The van der Waals surface area contributed by atoms with Crippen LogP contribution in [0.3, 0.4) is 0 Å². The minimum absolute atomic E-state index is 0.00654. The van der Waals surface area contributed by atoms with Crippen LogP contribution in [-0.2, 0) is 5.41 Å².